The van der Waals surface area contributed by atoms with Crippen molar-refractivity contribution in [2.75, 3.05) is 24.6 Å². The summed E-state index contributed by atoms with van der Waals surface area (Å²) in [5, 5.41) is 0. The Morgan fingerprint density at radius 2 is 1.58 bits per heavy atom. The lowest BCUT2D eigenvalue weighted by Crippen LogP contribution is -2.43. The van der Waals surface area contributed by atoms with Gasteiger partial charge in [0.2, 0.25) is 0 Å². The van der Waals surface area contributed by atoms with Crippen molar-refractivity contribution in [1.29, 1.82) is 0 Å². The maximum atomic E-state index is 10.8. The minimum atomic E-state index is -4.21. The standard InChI is InChI=1S/C4H9NO5S2/c6-11(7)3-1-5(2-4-11)12(8,9)10/h1-4H2,(H,8,9,10). The third-order valence-corrected chi connectivity index (χ3v) is 4.26. The van der Waals surface area contributed by atoms with E-state index in [1.807, 2.05) is 0 Å². The van der Waals surface area contributed by atoms with Gasteiger partial charge in [-0.2, -0.15) is 12.7 Å². The third kappa shape index (κ3) is 2.41. The smallest absolute Gasteiger partial charge is 0.273 e. The molecule has 1 aliphatic rings. The van der Waals surface area contributed by atoms with Crippen molar-refractivity contribution in [3.63, 3.8) is 0 Å². The zero-order valence-electron chi connectivity index (χ0n) is 6.17. The molecule has 0 radical (unpaired) electrons. The van der Waals surface area contributed by atoms with Crippen LogP contribution in [0.15, 0.2) is 0 Å². The number of nitrogens with zero attached hydrogens (tertiary/aromatic N) is 1. The van der Waals surface area contributed by atoms with E-state index in [0.717, 1.165) is 4.31 Å². The van der Waals surface area contributed by atoms with Crippen LogP contribution in [-0.4, -0.2) is 50.3 Å². The van der Waals surface area contributed by atoms with E-state index in [-0.39, 0.29) is 24.6 Å². The molecule has 0 bridgehead atoms. The molecule has 72 valence electrons. The van der Waals surface area contributed by atoms with E-state index in [4.69, 9.17) is 4.55 Å². The largest absolute Gasteiger partial charge is 0.335 e. The van der Waals surface area contributed by atoms with E-state index in [1.165, 1.54) is 0 Å². The molecule has 0 spiro atoms. The first kappa shape index (κ1) is 9.90. The SMILES string of the molecule is O=S1(=O)CCN(S(=O)(=O)O)CC1. The minimum Gasteiger partial charge on any atom is -0.273 e. The molecule has 1 saturated heterocycles. The van der Waals surface area contributed by atoms with Crippen molar-refractivity contribution in [3.05, 3.63) is 0 Å². The maximum absolute atomic E-state index is 10.8. The van der Waals surface area contributed by atoms with Gasteiger partial charge in [0.05, 0.1) is 11.5 Å². The molecule has 12 heavy (non-hydrogen) atoms. The molecule has 0 amide bonds. The predicted molar refractivity (Wildman–Crippen MR) is 41.8 cm³/mol. The Kier molecular flexibility index (Phi) is 2.43. The summed E-state index contributed by atoms with van der Waals surface area (Å²) < 4.78 is 51.9. The van der Waals surface area contributed by atoms with Gasteiger partial charge in [0.25, 0.3) is 0 Å². The van der Waals surface area contributed by atoms with E-state index in [0.29, 0.717) is 0 Å². The molecule has 6 nitrogen and oxygen atoms in total. The van der Waals surface area contributed by atoms with Crippen molar-refractivity contribution < 1.29 is 21.4 Å². The van der Waals surface area contributed by atoms with Crippen LogP contribution in [0.4, 0.5) is 0 Å². The topological polar surface area (TPSA) is 91.8 Å². The summed E-state index contributed by atoms with van der Waals surface area (Å²) in [6.07, 6.45) is 0. The fraction of sp³-hybridized carbons (Fsp3) is 1.00. The van der Waals surface area contributed by atoms with Gasteiger partial charge in [-0.25, -0.2) is 8.42 Å². The zero-order valence-corrected chi connectivity index (χ0v) is 7.81. The van der Waals surface area contributed by atoms with Gasteiger partial charge in [-0.15, -0.1) is 0 Å². The van der Waals surface area contributed by atoms with Crippen LogP contribution in [-0.2, 0) is 20.1 Å². The number of rotatable bonds is 1. The van der Waals surface area contributed by atoms with Gasteiger partial charge in [0.1, 0.15) is 0 Å². The van der Waals surface area contributed by atoms with Crippen LogP contribution >= 0.6 is 0 Å². The second-order valence-electron chi connectivity index (χ2n) is 2.53. The predicted octanol–water partition coefficient (Wildman–Crippen LogP) is -1.48. The Labute approximate surface area is 71.0 Å². The van der Waals surface area contributed by atoms with Crippen LogP contribution < -0.4 is 0 Å². The highest BCUT2D eigenvalue weighted by Crippen LogP contribution is 2.06. The second-order valence-corrected chi connectivity index (χ2v) is 6.24. The van der Waals surface area contributed by atoms with Crippen LogP contribution in [0.5, 0.6) is 0 Å². The molecule has 0 aromatic rings. The van der Waals surface area contributed by atoms with Crippen molar-refractivity contribution in [1.82, 2.24) is 4.31 Å². The summed E-state index contributed by atoms with van der Waals surface area (Å²) in [6.45, 7) is -0.303. The monoisotopic (exact) mass is 215 g/mol. The van der Waals surface area contributed by atoms with Crippen molar-refractivity contribution in [2.24, 2.45) is 0 Å². The quantitative estimate of drug-likeness (QED) is 0.538. The number of hydrogen-bond acceptors (Lipinski definition) is 4. The molecule has 0 aromatic carbocycles. The number of sulfone groups is 1. The van der Waals surface area contributed by atoms with Gasteiger partial charge in [0.15, 0.2) is 9.84 Å². The zero-order chi connectivity index (χ0) is 9.41. The highest BCUT2D eigenvalue weighted by molar-refractivity contribution is 7.91. The molecule has 1 heterocycles. The van der Waals surface area contributed by atoms with Gasteiger partial charge in [-0.1, -0.05) is 0 Å². The highest BCUT2D eigenvalue weighted by Gasteiger charge is 2.28. The van der Waals surface area contributed by atoms with E-state index in [1.54, 1.807) is 0 Å². The summed E-state index contributed by atoms with van der Waals surface area (Å²) >= 11 is 0. The maximum Gasteiger partial charge on any atom is 0.335 e. The molecular weight excluding hydrogens is 206 g/mol. The normalized spacial score (nSPS) is 25.4. The molecule has 1 aliphatic heterocycles. The van der Waals surface area contributed by atoms with Crippen LogP contribution in [0.1, 0.15) is 0 Å². The Morgan fingerprint density at radius 1 is 1.17 bits per heavy atom. The van der Waals surface area contributed by atoms with Gasteiger partial charge >= 0.3 is 10.3 Å². The Bertz CT molecular complexity index is 341. The fourth-order valence-corrected chi connectivity index (χ4v) is 3.00. The highest BCUT2D eigenvalue weighted by atomic mass is 32.2. The summed E-state index contributed by atoms with van der Waals surface area (Å²) in [5.41, 5.74) is 0. The fourth-order valence-electron chi connectivity index (χ4n) is 0.926. The van der Waals surface area contributed by atoms with E-state index in [9.17, 15) is 16.8 Å². The average Bonchev–Trinajstić information content (AvgIpc) is 1.83. The Balaban J connectivity index is 2.71. The van der Waals surface area contributed by atoms with E-state index < -0.39 is 20.1 Å². The van der Waals surface area contributed by atoms with Crippen LogP contribution in [0.25, 0.3) is 0 Å². The minimum absolute atomic E-state index is 0.152. The molecule has 1 rings (SSSR count). The lowest BCUT2D eigenvalue weighted by molar-refractivity contribution is 0.365. The summed E-state index contributed by atoms with van der Waals surface area (Å²) in [4.78, 5) is 0. The molecule has 0 unspecified atom stereocenters. The molecule has 0 aliphatic carbocycles. The van der Waals surface area contributed by atoms with Crippen molar-refractivity contribution in [2.45, 2.75) is 0 Å². The van der Waals surface area contributed by atoms with Gasteiger partial charge in [-0.3, -0.25) is 4.55 Å². The first-order valence-corrected chi connectivity index (χ1v) is 6.46. The average molecular weight is 215 g/mol. The van der Waals surface area contributed by atoms with Gasteiger partial charge in [-0.05, 0) is 0 Å². The summed E-state index contributed by atoms with van der Waals surface area (Å²) in [7, 11) is -7.30. The lowest BCUT2D eigenvalue weighted by atomic mass is 10.6. The van der Waals surface area contributed by atoms with Gasteiger partial charge < -0.3 is 0 Å². The molecular formula is C4H9NO5S2. The molecule has 8 heteroatoms. The Hall–Kier alpha value is -0.180. The van der Waals surface area contributed by atoms with Crippen molar-refractivity contribution >= 4 is 20.1 Å². The molecule has 0 saturated carbocycles. The number of hydrogen-bond donors (Lipinski definition) is 1. The van der Waals surface area contributed by atoms with E-state index in [2.05, 4.69) is 0 Å². The van der Waals surface area contributed by atoms with Crippen LogP contribution in [0.3, 0.4) is 0 Å². The molecule has 0 aromatic heterocycles. The van der Waals surface area contributed by atoms with Gasteiger partial charge in [0, 0.05) is 13.1 Å². The van der Waals surface area contributed by atoms with E-state index >= 15 is 0 Å². The first-order valence-electron chi connectivity index (χ1n) is 3.24. The van der Waals surface area contributed by atoms with Crippen molar-refractivity contribution in [3.8, 4) is 0 Å². The second kappa shape index (κ2) is 2.95. The lowest BCUT2D eigenvalue weighted by Gasteiger charge is -2.22. The van der Waals surface area contributed by atoms with Crippen LogP contribution in [0, 0.1) is 0 Å². The Morgan fingerprint density at radius 3 is 1.92 bits per heavy atom. The van der Waals surface area contributed by atoms with Crippen LogP contribution in [0.2, 0.25) is 0 Å². The molecule has 1 fully saturated rings. The molecule has 0 atom stereocenters. The third-order valence-electron chi connectivity index (χ3n) is 1.63. The summed E-state index contributed by atoms with van der Waals surface area (Å²) in [6, 6.07) is 0. The summed E-state index contributed by atoms with van der Waals surface area (Å²) in [5.74, 6) is -0.431. The first-order chi connectivity index (χ1) is 5.31. The molecule has 1 N–H and O–H groups in total.